The van der Waals surface area contributed by atoms with Crippen LogP contribution in [0.1, 0.15) is 41.0 Å². The largest absolute Gasteiger partial charge is 2.00 e. The molecule has 0 spiro atoms. The van der Waals surface area contributed by atoms with Crippen LogP contribution >= 0.6 is 0 Å². The van der Waals surface area contributed by atoms with Gasteiger partial charge in [-0.1, -0.05) is 51.7 Å². The third-order valence-corrected chi connectivity index (χ3v) is 3.37. The first-order valence-corrected chi connectivity index (χ1v) is 6.13. The van der Waals surface area contributed by atoms with E-state index in [2.05, 4.69) is 52.8 Å². The summed E-state index contributed by atoms with van der Waals surface area (Å²) in [6.45, 7) is 10.9. The molecule has 2 rings (SSSR count). The van der Waals surface area contributed by atoms with E-state index in [4.69, 9.17) is 0 Å². The Morgan fingerprint density at radius 1 is 1.06 bits per heavy atom. The average Bonchev–Trinajstić information content (AvgIpc) is 2.57. The molecule has 2 aliphatic carbocycles. The van der Waals surface area contributed by atoms with Crippen molar-refractivity contribution in [2.45, 2.75) is 41.0 Å². The van der Waals surface area contributed by atoms with Gasteiger partial charge in [0.15, 0.2) is 0 Å². The summed E-state index contributed by atoms with van der Waals surface area (Å²) in [6.07, 6.45) is 17.4. The Kier molecular flexibility index (Phi) is 7.29. The second-order valence-corrected chi connectivity index (χ2v) is 5.01. The molecule has 0 fully saturated rings. The molecule has 1 heteroatoms. The Bertz CT molecular complexity index is 401. The van der Waals surface area contributed by atoms with Gasteiger partial charge in [0.25, 0.3) is 0 Å². The molecule has 0 unspecified atom stereocenters. The van der Waals surface area contributed by atoms with Gasteiger partial charge >= 0.3 is 17.4 Å². The molecule has 0 bridgehead atoms. The van der Waals surface area contributed by atoms with E-state index in [1.807, 2.05) is 24.3 Å². The van der Waals surface area contributed by atoms with Crippen molar-refractivity contribution in [3.8, 4) is 0 Å². The first kappa shape index (κ1) is 17.2. The normalized spacial score (nSPS) is 19.7. The van der Waals surface area contributed by atoms with Crippen molar-refractivity contribution >= 4 is 0 Å². The van der Waals surface area contributed by atoms with E-state index in [0.717, 1.165) is 6.42 Å². The van der Waals surface area contributed by atoms with E-state index in [1.165, 1.54) is 16.7 Å². The average molecular weight is 278 g/mol. The third-order valence-electron chi connectivity index (χ3n) is 3.37. The molecule has 0 N–H and O–H groups in total. The van der Waals surface area contributed by atoms with Crippen molar-refractivity contribution in [3.05, 3.63) is 59.3 Å². The van der Waals surface area contributed by atoms with Gasteiger partial charge in [0, 0.05) is 0 Å². The van der Waals surface area contributed by atoms with E-state index in [1.54, 1.807) is 0 Å². The molecule has 0 aliphatic heterocycles. The van der Waals surface area contributed by atoms with Crippen molar-refractivity contribution in [2.75, 3.05) is 0 Å². The number of allylic oxidation sites excluding steroid dienone is 10. The monoisotopic (exact) mass is 278 g/mol. The van der Waals surface area contributed by atoms with Crippen molar-refractivity contribution < 1.29 is 17.4 Å². The van der Waals surface area contributed by atoms with Crippen LogP contribution in [0.2, 0.25) is 0 Å². The summed E-state index contributed by atoms with van der Waals surface area (Å²) in [5, 5.41) is 0. The minimum absolute atomic E-state index is 0. The maximum absolute atomic E-state index is 3.44. The summed E-state index contributed by atoms with van der Waals surface area (Å²) in [5.41, 5.74) is 4.39. The summed E-state index contributed by atoms with van der Waals surface area (Å²) in [6, 6.07) is 0. The zero-order valence-electron chi connectivity index (χ0n) is 12.0. The zero-order valence-corrected chi connectivity index (χ0v) is 13.3. The van der Waals surface area contributed by atoms with Crippen LogP contribution in [0.25, 0.3) is 0 Å². The molecule has 0 aromatic rings. The fourth-order valence-corrected chi connectivity index (χ4v) is 1.88. The van der Waals surface area contributed by atoms with Crippen LogP contribution in [0.5, 0.6) is 0 Å². The molecular formula is C17H22Cr. The minimum Gasteiger partial charge on any atom is -0.271 e. The summed E-state index contributed by atoms with van der Waals surface area (Å²) < 4.78 is 0. The van der Waals surface area contributed by atoms with Crippen molar-refractivity contribution in [1.82, 2.24) is 0 Å². The van der Waals surface area contributed by atoms with E-state index in [9.17, 15) is 0 Å². The molecular weight excluding hydrogens is 256 g/mol. The quantitative estimate of drug-likeness (QED) is 0.549. The summed E-state index contributed by atoms with van der Waals surface area (Å²) in [5.74, 6) is 0. The van der Waals surface area contributed by atoms with Crippen LogP contribution in [0.15, 0.2) is 47.1 Å². The van der Waals surface area contributed by atoms with Crippen molar-refractivity contribution in [1.29, 1.82) is 0 Å². The first-order valence-electron chi connectivity index (χ1n) is 6.13. The predicted molar refractivity (Wildman–Crippen MR) is 75.3 cm³/mol. The van der Waals surface area contributed by atoms with E-state index in [0.29, 0.717) is 0 Å². The Morgan fingerprint density at radius 3 is 2.17 bits per heavy atom. The van der Waals surface area contributed by atoms with Gasteiger partial charge in [-0.05, 0) is 0 Å². The van der Waals surface area contributed by atoms with Gasteiger partial charge in [-0.2, -0.15) is 11.1 Å². The van der Waals surface area contributed by atoms with Gasteiger partial charge < -0.3 is 0 Å². The molecule has 0 atom stereocenters. The minimum atomic E-state index is 0. The van der Waals surface area contributed by atoms with Crippen molar-refractivity contribution in [3.63, 3.8) is 0 Å². The van der Waals surface area contributed by atoms with Crippen LogP contribution in [0.4, 0.5) is 0 Å². The molecule has 0 saturated heterocycles. The Hall–Kier alpha value is -0.768. The Labute approximate surface area is 123 Å². The Morgan fingerprint density at radius 2 is 1.72 bits per heavy atom. The number of rotatable bonds is 0. The van der Waals surface area contributed by atoms with E-state index in [-0.39, 0.29) is 22.8 Å². The topological polar surface area (TPSA) is 0 Å². The molecule has 0 radical (unpaired) electrons. The molecule has 0 aromatic carbocycles. The van der Waals surface area contributed by atoms with Gasteiger partial charge in [-0.3, -0.25) is 12.2 Å². The van der Waals surface area contributed by atoms with Crippen LogP contribution in [-0.4, -0.2) is 0 Å². The first-order chi connectivity index (χ1) is 7.95. The van der Waals surface area contributed by atoms with Gasteiger partial charge in [0.1, 0.15) is 0 Å². The predicted octanol–water partition coefficient (Wildman–Crippen LogP) is 4.97. The van der Waals surface area contributed by atoms with Crippen LogP contribution in [-0.2, 0) is 17.4 Å². The number of hydrogen-bond donors (Lipinski definition) is 0. The third kappa shape index (κ3) is 4.85. The maximum Gasteiger partial charge on any atom is 2.00 e. The fraction of sp³-hybridized carbons (Fsp3) is 0.412. The van der Waals surface area contributed by atoms with Gasteiger partial charge in [0.05, 0.1) is 0 Å². The SMILES string of the molecule is CC1=[C-]C(C)(C)C(C)=C1C.[C-]1=CC=CC=CC1.[Cr+2]. The maximum atomic E-state index is 3.44. The van der Waals surface area contributed by atoms with Gasteiger partial charge in [0.2, 0.25) is 0 Å². The molecule has 0 nitrogen and oxygen atoms in total. The van der Waals surface area contributed by atoms with E-state index >= 15 is 0 Å². The fourth-order valence-electron chi connectivity index (χ4n) is 1.88. The second-order valence-electron chi connectivity index (χ2n) is 5.01. The second kappa shape index (κ2) is 7.62. The number of hydrogen-bond acceptors (Lipinski definition) is 0. The molecule has 2 aliphatic rings. The van der Waals surface area contributed by atoms with Crippen LogP contribution < -0.4 is 0 Å². The van der Waals surface area contributed by atoms with Gasteiger partial charge in [-0.25, -0.2) is 17.7 Å². The van der Waals surface area contributed by atoms with Crippen molar-refractivity contribution in [2.24, 2.45) is 5.41 Å². The zero-order chi connectivity index (χ0) is 12.9. The van der Waals surface area contributed by atoms with E-state index < -0.39 is 0 Å². The summed E-state index contributed by atoms with van der Waals surface area (Å²) in [4.78, 5) is 0. The summed E-state index contributed by atoms with van der Waals surface area (Å²) >= 11 is 0. The molecule has 0 amide bonds. The molecule has 0 aromatic heterocycles. The molecule has 0 saturated carbocycles. The molecule has 18 heavy (non-hydrogen) atoms. The van der Waals surface area contributed by atoms with Crippen LogP contribution in [0.3, 0.4) is 0 Å². The molecule has 96 valence electrons. The van der Waals surface area contributed by atoms with Gasteiger partial charge in [-0.15, -0.1) is 13.0 Å². The smallest absolute Gasteiger partial charge is 0.271 e. The Balaban J connectivity index is 0.000000321. The molecule has 0 heterocycles. The standard InChI is InChI=1S/C10H15.C7H7.Cr/c1-7-6-10(4,5)9(3)8(7)2;1-2-4-6-7-5-3-1;/h1-5H3;1-5H,6H2;/q2*-1;+2. The van der Waals surface area contributed by atoms with Crippen LogP contribution in [0, 0.1) is 17.6 Å². The summed E-state index contributed by atoms with van der Waals surface area (Å²) in [7, 11) is 0.